The second-order valence-corrected chi connectivity index (χ2v) is 5.39. The van der Waals surface area contributed by atoms with Gasteiger partial charge in [0.15, 0.2) is 5.82 Å². The van der Waals surface area contributed by atoms with E-state index in [9.17, 15) is 4.39 Å². The van der Waals surface area contributed by atoms with E-state index in [4.69, 9.17) is 0 Å². The first-order chi connectivity index (χ1) is 9.01. The number of anilines is 1. The van der Waals surface area contributed by atoms with E-state index < -0.39 is 0 Å². The molecular formula is C14H15BrFN3. The van der Waals surface area contributed by atoms with Gasteiger partial charge in [0.1, 0.15) is 11.6 Å². The summed E-state index contributed by atoms with van der Waals surface area (Å²) in [5, 5.41) is 3.02. The Morgan fingerprint density at radius 1 is 1.21 bits per heavy atom. The Morgan fingerprint density at radius 3 is 2.53 bits per heavy atom. The minimum Gasteiger partial charge on any atom is -0.373 e. The van der Waals surface area contributed by atoms with Crippen molar-refractivity contribution in [2.45, 2.75) is 19.8 Å². The predicted octanol–water partition coefficient (Wildman–Crippen LogP) is 4.21. The maximum absolute atomic E-state index is 13.3. The monoisotopic (exact) mass is 323 g/mol. The van der Waals surface area contributed by atoms with Crippen molar-refractivity contribution in [1.82, 2.24) is 9.97 Å². The van der Waals surface area contributed by atoms with Gasteiger partial charge in [-0.25, -0.2) is 14.4 Å². The Hall–Kier alpha value is -1.49. The van der Waals surface area contributed by atoms with Crippen LogP contribution in [0.4, 0.5) is 10.2 Å². The number of nitrogens with zero attached hydrogens (tertiary/aromatic N) is 2. The van der Waals surface area contributed by atoms with E-state index in [-0.39, 0.29) is 5.82 Å². The van der Waals surface area contributed by atoms with Crippen molar-refractivity contribution in [2.24, 2.45) is 0 Å². The molecule has 0 unspecified atom stereocenters. The fourth-order valence-electron chi connectivity index (χ4n) is 1.65. The first-order valence-electron chi connectivity index (χ1n) is 6.03. The summed E-state index contributed by atoms with van der Waals surface area (Å²) < 4.78 is 13.7. The number of hydrogen-bond acceptors (Lipinski definition) is 3. The molecule has 3 nitrogen and oxygen atoms in total. The van der Waals surface area contributed by atoms with Crippen LogP contribution < -0.4 is 5.32 Å². The molecule has 0 saturated heterocycles. The van der Waals surface area contributed by atoms with Gasteiger partial charge in [0.05, 0.1) is 4.47 Å². The summed E-state index contributed by atoms with van der Waals surface area (Å²) in [4.78, 5) is 8.94. The highest BCUT2D eigenvalue weighted by Crippen LogP contribution is 2.25. The highest BCUT2D eigenvalue weighted by molar-refractivity contribution is 9.10. The van der Waals surface area contributed by atoms with Crippen LogP contribution in [0.2, 0.25) is 0 Å². The number of hydrogen-bond donors (Lipinski definition) is 1. The van der Waals surface area contributed by atoms with Gasteiger partial charge in [-0.3, -0.25) is 0 Å². The van der Waals surface area contributed by atoms with E-state index in [1.54, 1.807) is 12.1 Å². The van der Waals surface area contributed by atoms with Crippen LogP contribution in [0.5, 0.6) is 0 Å². The van der Waals surface area contributed by atoms with Crippen LogP contribution in [0.15, 0.2) is 28.7 Å². The SMILES string of the molecule is CNc1cc(C(C)C)nc(-c2ccc(F)c(Br)c2)n1. The van der Waals surface area contributed by atoms with E-state index in [2.05, 4.69) is 45.1 Å². The van der Waals surface area contributed by atoms with Crippen molar-refractivity contribution in [3.05, 3.63) is 40.2 Å². The lowest BCUT2D eigenvalue weighted by atomic mass is 10.1. The Labute approximate surface area is 120 Å². The number of rotatable bonds is 3. The van der Waals surface area contributed by atoms with E-state index in [0.29, 0.717) is 16.2 Å². The molecule has 0 bridgehead atoms. The molecule has 2 aromatic rings. The van der Waals surface area contributed by atoms with Gasteiger partial charge in [0, 0.05) is 24.4 Å². The van der Waals surface area contributed by atoms with Gasteiger partial charge >= 0.3 is 0 Å². The Bertz CT molecular complexity index is 599. The smallest absolute Gasteiger partial charge is 0.161 e. The molecule has 100 valence electrons. The summed E-state index contributed by atoms with van der Waals surface area (Å²) in [7, 11) is 1.82. The van der Waals surface area contributed by atoms with Crippen molar-refractivity contribution >= 4 is 21.7 Å². The summed E-state index contributed by atoms with van der Waals surface area (Å²) in [5.74, 6) is 1.36. The number of nitrogens with one attached hydrogen (secondary N) is 1. The molecule has 0 radical (unpaired) electrons. The summed E-state index contributed by atoms with van der Waals surface area (Å²) in [6.07, 6.45) is 0. The quantitative estimate of drug-likeness (QED) is 0.919. The van der Waals surface area contributed by atoms with Gasteiger partial charge in [-0.15, -0.1) is 0 Å². The van der Waals surface area contributed by atoms with Crippen LogP contribution in [-0.2, 0) is 0 Å². The summed E-state index contributed by atoms with van der Waals surface area (Å²) >= 11 is 3.18. The Morgan fingerprint density at radius 2 is 1.95 bits per heavy atom. The van der Waals surface area contributed by atoms with Crippen LogP contribution >= 0.6 is 15.9 Å². The van der Waals surface area contributed by atoms with Gasteiger partial charge in [0.25, 0.3) is 0 Å². The fourth-order valence-corrected chi connectivity index (χ4v) is 2.03. The molecule has 1 N–H and O–H groups in total. The van der Waals surface area contributed by atoms with E-state index in [0.717, 1.165) is 17.1 Å². The molecule has 0 atom stereocenters. The van der Waals surface area contributed by atoms with Crippen molar-refractivity contribution in [3.8, 4) is 11.4 Å². The maximum Gasteiger partial charge on any atom is 0.161 e. The van der Waals surface area contributed by atoms with Crippen LogP contribution in [0, 0.1) is 5.82 Å². The van der Waals surface area contributed by atoms with E-state index >= 15 is 0 Å². The summed E-state index contributed by atoms with van der Waals surface area (Å²) in [5.41, 5.74) is 1.74. The molecular weight excluding hydrogens is 309 g/mol. The summed E-state index contributed by atoms with van der Waals surface area (Å²) in [6, 6.07) is 6.70. The second kappa shape index (κ2) is 5.65. The highest BCUT2D eigenvalue weighted by Gasteiger charge is 2.10. The molecule has 0 aliphatic carbocycles. The molecule has 1 aromatic heterocycles. The molecule has 0 fully saturated rings. The largest absolute Gasteiger partial charge is 0.373 e. The van der Waals surface area contributed by atoms with Gasteiger partial charge < -0.3 is 5.32 Å². The zero-order chi connectivity index (χ0) is 14.0. The third-order valence-electron chi connectivity index (χ3n) is 2.77. The molecule has 0 aliphatic rings. The van der Waals surface area contributed by atoms with Crippen molar-refractivity contribution < 1.29 is 4.39 Å². The Kier molecular flexibility index (Phi) is 4.14. The van der Waals surface area contributed by atoms with Crippen LogP contribution in [0.1, 0.15) is 25.5 Å². The maximum atomic E-state index is 13.3. The van der Waals surface area contributed by atoms with Crippen LogP contribution in [0.3, 0.4) is 0 Å². The molecule has 0 amide bonds. The summed E-state index contributed by atoms with van der Waals surface area (Å²) in [6.45, 7) is 4.15. The van der Waals surface area contributed by atoms with E-state index in [1.165, 1.54) is 6.07 Å². The van der Waals surface area contributed by atoms with Gasteiger partial charge in [0.2, 0.25) is 0 Å². The number of aromatic nitrogens is 2. The lowest BCUT2D eigenvalue weighted by molar-refractivity contribution is 0.621. The lowest BCUT2D eigenvalue weighted by Crippen LogP contribution is -2.02. The topological polar surface area (TPSA) is 37.8 Å². The highest BCUT2D eigenvalue weighted by atomic mass is 79.9. The first kappa shape index (κ1) is 13.9. The third-order valence-corrected chi connectivity index (χ3v) is 3.38. The van der Waals surface area contributed by atoms with Gasteiger partial charge in [-0.1, -0.05) is 13.8 Å². The standard InChI is InChI=1S/C14H15BrFN3/c1-8(2)12-7-13(17-3)19-14(18-12)9-4-5-11(16)10(15)6-9/h4-8H,1-3H3,(H,17,18,19). The molecule has 1 heterocycles. The normalized spacial score (nSPS) is 10.8. The average Bonchev–Trinajstić information content (AvgIpc) is 2.41. The molecule has 2 rings (SSSR count). The molecule has 0 aliphatic heterocycles. The minimum absolute atomic E-state index is 0.294. The van der Waals surface area contributed by atoms with Crippen molar-refractivity contribution in [3.63, 3.8) is 0 Å². The fraction of sp³-hybridized carbons (Fsp3) is 0.286. The zero-order valence-electron chi connectivity index (χ0n) is 11.0. The Balaban J connectivity index is 2.54. The average molecular weight is 324 g/mol. The predicted molar refractivity (Wildman–Crippen MR) is 78.8 cm³/mol. The zero-order valence-corrected chi connectivity index (χ0v) is 12.6. The minimum atomic E-state index is -0.294. The van der Waals surface area contributed by atoms with Crippen molar-refractivity contribution in [2.75, 3.05) is 12.4 Å². The van der Waals surface area contributed by atoms with Gasteiger partial charge in [-0.05, 0) is 40.0 Å². The van der Waals surface area contributed by atoms with Gasteiger partial charge in [-0.2, -0.15) is 0 Å². The first-order valence-corrected chi connectivity index (χ1v) is 6.82. The lowest BCUT2D eigenvalue weighted by Gasteiger charge is -2.10. The molecule has 19 heavy (non-hydrogen) atoms. The van der Waals surface area contributed by atoms with Crippen LogP contribution in [-0.4, -0.2) is 17.0 Å². The molecule has 5 heteroatoms. The number of benzene rings is 1. The number of halogens is 2. The van der Waals surface area contributed by atoms with E-state index in [1.807, 2.05) is 13.1 Å². The van der Waals surface area contributed by atoms with Crippen LogP contribution in [0.25, 0.3) is 11.4 Å². The molecule has 0 spiro atoms. The molecule has 0 saturated carbocycles. The van der Waals surface area contributed by atoms with Crippen molar-refractivity contribution in [1.29, 1.82) is 0 Å². The second-order valence-electron chi connectivity index (χ2n) is 4.54. The molecule has 1 aromatic carbocycles. The third kappa shape index (κ3) is 3.10.